The van der Waals surface area contributed by atoms with Crippen LogP contribution in [0.25, 0.3) is 0 Å². The molecule has 1 rings (SSSR count). The Bertz CT molecular complexity index is 350. The van der Waals surface area contributed by atoms with Crippen LogP contribution in [0, 0.1) is 0 Å². The van der Waals surface area contributed by atoms with E-state index in [1.54, 1.807) is 7.05 Å². The first-order valence-electron chi connectivity index (χ1n) is 3.08. The molecule has 0 saturated heterocycles. The van der Waals surface area contributed by atoms with Gasteiger partial charge in [-0.1, -0.05) is 0 Å². The summed E-state index contributed by atoms with van der Waals surface area (Å²) in [6, 6.07) is 1.23. The Kier molecular flexibility index (Phi) is 4.87. The SMILES string of the molecule is Cn1cc(S(=O)[O-])cc1C(N)=O.[Na+]. The third kappa shape index (κ3) is 2.92. The van der Waals surface area contributed by atoms with Gasteiger partial charge >= 0.3 is 29.6 Å². The van der Waals surface area contributed by atoms with Gasteiger partial charge in [0.25, 0.3) is 5.91 Å². The molecule has 0 aliphatic heterocycles. The van der Waals surface area contributed by atoms with E-state index >= 15 is 0 Å². The maximum atomic E-state index is 10.7. The smallest absolute Gasteiger partial charge is 0.768 e. The van der Waals surface area contributed by atoms with Crippen LogP contribution in [0.1, 0.15) is 10.5 Å². The minimum absolute atomic E-state index is 0. The Morgan fingerprint density at radius 2 is 2.23 bits per heavy atom. The zero-order valence-electron chi connectivity index (χ0n) is 7.31. The van der Waals surface area contributed by atoms with Crippen molar-refractivity contribution in [1.82, 2.24) is 4.57 Å². The molecule has 0 aliphatic carbocycles. The molecular formula is C6H7N2NaO3S. The summed E-state index contributed by atoms with van der Waals surface area (Å²) in [5.74, 6) is -0.644. The number of rotatable bonds is 2. The van der Waals surface area contributed by atoms with E-state index in [1.165, 1.54) is 16.8 Å². The number of nitrogens with two attached hydrogens (primary N) is 1. The van der Waals surface area contributed by atoms with Crippen molar-refractivity contribution in [1.29, 1.82) is 0 Å². The number of aryl methyl sites for hydroxylation is 1. The zero-order chi connectivity index (χ0) is 9.30. The van der Waals surface area contributed by atoms with E-state index in [-0.39, 0.29) is 40.1 Å². The molecule has 1 heterocycles. The predicted octanol–water partition coefficient (Wildman–Crippen LogP) is -3.63. The van der Waals surface area contributed by atoms with Gasteiger partial charge in [-0.25, -0.2) is 0 Å². The fourth-order valence-corrected chi connectivity index (χ4v) is 1.32. The molecule has 0 aliphatic rings. The average Bonchev–Trinajstić information content (AvgIpc) is 2.30. The van der Waals surface area contributed by atoms with E-state index in [2.05, 4.69) is 0 Å². The molecular weight excluding hydrogens is 203 g/mol. The molecule has 0 aromatic carbocycles. The molecule has 1 atom stereocenters. The quantitative estimate of drug-likeness (QED) is 0.403. The van der Waals surface area contributed by atoms with Gasteiger partial charge in [-0.3, -0.25) is 9.00 Å². The first-order valence-corrected chi connectivity index (χ1v) is 4.15. The van der Waals surface area contributed by atoms with Gasteiger partial charge in [-0.2, -0.15) is 0 Å². The van der Waals surface area contributed by atoms with E-state index in [0.29, 0.717) is 0 Å². The van der Waals surface area contributed by atoms with Crippen LogP contribution in [-0.4, -0.2) is 19.2 Å². The Hall–Kier alpha value is -0.140. The number of amides is 1. The number of carbonyl (C=O) groups excluding carboxylic acids is 1. The topological polar surface area (TPSA) is 88.2 Å². The molecule has 1 aromatic rings. The largest absolute Gasteiger partial charge is 1.00 e. The zero-order valence-corrected chi connectivity index (χ0v) is 10.1. The van der Waals surface area contributed by atoms with Crippen LogP contribution < -0.4 is 35.3 Å². The fourth-order valence-electron chi connectivity index (χ4n) is 0.870. The number of hydrogen-bond acceptors (Lipinski definition) is 3. The standard InChI is InChI=1S/C6H8N2O3S.Na/c1-8-3-4(12(10)11)2-5(8)6(7)9;/h2-3H,1H3,(H2,7,9)(H,10,11);/q;+1/p-1. The summed E-state index contributed by atoms with van der Waals surface area (Å²) in [6.45, 7) is 0. The van der Waals surface area contributed by atoms with E-state index < -0.39 is 17.0 Å². The number of nitrogens with zero attached hydrogens (tertiary/aromatic N) is 1. The summed E-state index contributed by atoms with van der Waals surface area (Å²) in [7, 11) is 1.55. The van der Waals surface area contributed by atoms with E-state index in [0.717, 1.165) is 0 Å². The fraction of sp³-hybridized carbons (Fsp3) is 0.167. The van der Waals surface area contributed by atoms with Crippen LogP contribution in [0.5, 0.6) is 0 Å². The molecule has 0 saturated carbocycles. The van der Waals surface area contributed by atoms with Gasteiger partial charge in [-0.15, -0.1) is 0 Å². The summed E-state index contributed by atoms with van der Waals surface area (Å²) in [5.41, 5.74) is 5.14. The molecule has 1 aromatic heterocycles. The van der Waals surface area contributed by atoms with Gasteiger partial charge in [0.1, 0.15) is 5.69 Å². The van der Waals surface area contributed by atoms with Gasteiger partial charge in [0.15, 0.2) is 0 Å². The van der Waals surface area contributed by atoms with Crippen molar-refractivity contribution < 1.29 is 43.1 Å². The minimum atomic E-state index is -2.31. The molecule has 7 heteroatoms. The van der Waals surface area contributed by atoms with E-state index in [1.807, 2.05) is 0 Å². The van der Waals surface area contributed by atoms with Crippen molar-refractivity contribution in [3.63, 3.8) is 0 Å². The van der Waals surface area contributed by atoms with Crippen LogP contribution >= 0.6 is 0 Å². The van der Waals surface area contributed by atoms with Crippen molar-refractivity contribution in [3.8, 4) is 0 Å². The monoisotopic (exact) mass is 210 g/mol. The molecule has 0 fully saturated rings. The Morgan fingerprint density at radius 1 is 1.69 bits per heavy atom. The molecule has 5 nitrogen and oxygen atoms in total. The maximum absolute atomic E-state index is 10.7. The Morgan fingerprint density at radius 3 is 2.46 bits per heavy atom. The number of carbonyl (C=O) groups is 1. The van der Waals surface area contributed by atoms with Crippen LogP contribution in [0.3, 0.4) is 0 Å². The van der Waals surface area contributed by atoms with Gasteiger partial charge in [0.2, 0.25) is 0 Å². The second kappa shape index (κ2) is 4.92. The third-order valence-corrected chi connectivity index (χ3v) is 2.03. The molecule has 0 bridgehead atoms. The van der Waals surface area contributed by atoms with Crippen molar-refractivity contribution >= 4 is 17.0 Å². The first-order chi connectivity index (χ1) is 5.52. The minimum Gasteiger partial charge on any atom is -0.768 e. The number of primary amides is 1. The average molecular weight is 210 g/mol. The molecule has 66 valence electrons. The second-order valence-corrected chi connectivity index (χ2v) is 3.21. The molecule has 0 spiro atoms. The van der Waals surface area contributed by atoms with Crippen molar-refractivity contribution in [2.75, 3.05) is 0 Å². The van der Waals surface area contributed by atoms with Gasteiger partial charge in [0.05, 0.1) is 0 Å². The van der Waals surface area contributed by atoms with Crippen LogP contribution in [0.4, 0.5) is 0 Å². The van der Waals surface area contributed by atoms with Gasteiger partial charge < -0.3 is 14.9 Å². The van der Waals surface area contributed by atoms with Crippen LogP contribution in [-0.2, 0) is 18.1 Å². The molecule has 0 radical (unpaired) electrons. The predicted molar refractivity (Wildman–Crippen MR) is 41.1 cm³/mol. The Labute approximate surface area is 99.9 Å². The van der Waals surface area contributed by atoms with Crippen molar-refractivity contribution in [2.24, 2.45) is 12.8 Å². The Balaban J connectivity index is 0.00000144. The van der Waals surface area contributed by atoms with E-state index in [9.17, 15) is 13.6 Å². The molecule has 1 unspecified atom stereocenters. The third-order valence-electron chi connectivity index (χ3n) is 1.42. The summed E-state index contributed by atoms with van der Waals surface area (Å²) in [5, 5.41) is 0. The van der Waals surface area contributed by atoms with Crippen molar-refractivity contribution in [3.05, 3.63) is 18.0 Å². The summed E-state index contributed by atoms with van der Waals surface area (Å²) in [4.78, 5) is 10.7. The van der Waals surface area contributed by atoms with E-state index in [4.69, 9.17) is 5.73 Å². The molecule has 1 amide bonds. The summed E-state index contributed by atoms with van der Waals surface area (Å²) < 4.78 is 22.2. The second-order valence-electron chi connectivity index (χ2n) is 2.27. The normalized spacial score (nSPS) is 11.8. The van der Waals surface area contributed by atoms with Gasteiger partial charge in [0, 0.05) is 18.1 Å². The number of hydrogen-bond donors (Lipinski definition) is 1. The van der Waals surface area contributed by atoms with Crippen LogP contribution in [0.2, 0.25) is 0 Å². The molecule has 13 heavy (non-hydrogen) atoms. The summed E-state index contributed by atoms with van der Waals surface area (Å²) >= 11 is -2.31. The number of aromatic nitrogens is 1. The van der Waals surface area contributed by atoms with Crippen LogP contribution in [0.15, 0.2) is 17.2 Å². The first kappa shape index (κ1) is 12.9. The van der Waals surface area contributed by atoms with Gasteiger partial charge in [-0.05, 0) is 17.1 Å². The van der Waals surface area contributed by atoms with Crippen molar-refractivity contribution in [2.45, 2.75) is 4.90 Å². The molecule has 2 N–H and O–H groups in total. The summed E-state index contributed by atoms with van der Waals surface area (Å²) in [6.07, 6.45) is 1.32. The maximum Gasteiger partial charge on any atom is 1.00 e.